The Morgan fingerprint density at radius 2 is 1.36 bits per heavy atom. The predicted molar refractivity (Wildman–Crippen MR) is 78.9 cm³/mol. The van der Waals surface area contributed by atoms with E-state index in [9.17, 15) is 20.4 Å². The molecule has 4 rings (SSSR count). The van der Waals surface area contributed by atoms with E-state index in [1.165, 1.54) is 6.42 Å². The first-order chi connectivity index (χ1) is 10.2. The zero-order chi connectivity index (χ0) is 16.3. The Kier molecular flexibility index (Phi) is 4.05. The van der Waals surface area contributed by atoms with Crippen molar-refractivity contribution in [3.63, 3.8) is 0 Å². The molecule has 5 N–H and O–H groups in total. The molecule has 4 atom stereocenters. The number of hydrogen-bond donors (Lipinski definition) is 5. The SMILES string of the molecule is CC12CN3CC(C)(CN(C1)C3[C@H](O)[C@H](O)[C@H](O)[C@H](O)CO)C2. The molecule has 4 fully saturated rings. The third-order valence-corrected chi connectivity index (χ3v) is 5.53. The Bertz CT molecular complexity index is 398. The Morgan fingerprint density at radius 3 is 1.77 bits per heavy atom. The van der Waals surface area contributed by atoms with E-state index in [2.05, 4.69) is 23.6 Å². The van der Waals surface area contributed by atoms with Gasteiger partial charge >= 0.3 is 0 Å². The smallest absolute Gasteiger partial charge is 0.111 e. The van der Waals surface area contributed by atoms with E-state index < -0.39 is 31.0 Å². The summed E-state index contributed by atoms with van der Waals surface area (Å²) in [7, 11) is 0. The van der Waals surface area contributed by atoms with Gasteiger partial charge in [-0.1, -0.05) is 13.8 Å². The van der Waals surface area contributed by atoms with E-state index >= 15 is 0 Å². The summed E-state index contributed by atoms with van der Waals surface area (Å²) in [6.45, 7) is 7.33. The molecule has 0 aliphatic carbocycles. The molecule has 0 aromatic heterocycles. The quantitative estimate of drug-likeness (QED) is 0.392. The number of hydrogen-bond acceptors (Lipinski definition) is 7. The summed E-state index contributed by atoms with van der Waals surface area (Å²) in [5, 5.41) is 49.0. The molecule has 128 valence electrons. The highest BCUT2D eigenvalue weighted by molar-refractivity contribution is 5.09. The number of nitrogens with zero attached hydrogens (tertiary/aromatic N) is 2. The first-order valence-electron chi connectivity index (χ1n) is 7.99. The van der Waals surface area contributed by atoms with Gasteiger partial charge in [-0.05, 0) is 17.3 Å². The second-order valence-corrected chi connectivity index (χ2v) is 8.24. The van der Waals surface area contributed by atoms with Gasteiger partial charge in [-0.3, -0.25) is 9.80 Å². The molecule has 7 nitrogen and oxygen atoms in total. The fourth-order valence-electron chi connectivity index (χ4n) is 5.18. The van der Waals surface area contributed by atoms with Gasteiger partial charge in [0, 0.05) is 26.2 Å². The maximum absolute atomic E-state index is 10.5. The molecule has 4 aliphatic heterocycles. The summed E-state index contributed by atoms with van der Waals surface area (Å²) in [4.78, 5) is 4.37. The van der Waals surface area contributed by atoms with Gasteiger partial charge in [0.1, 0.15) is 24.4 Å². The average Bonchev–Trinajstić information content (AvgIpc) is 2.41. The van der Waals surface area contributed by atoms with Crippen molar-refractivity contribution in [2.75, 3.05) is 32.8 Å². The highest BCUT2D eigenvalue weighted by Crippen LogP contribution is 2.51. The first kappa shape index (κ1) is 16.6. The molecule has 0 spiro atoms. The van der Waals surface area contributed by atoms with Crippen LogP contribution in [0, 0.1) is 10.8 Å². The van der Waals surface area contributed by atoms with Gasteiger partial charge in [-0.15, -0.1) is 0 Å². The topological polar surface area (TPSA) is 108 Å². The standard InChI is InChI=1S/C15H28N2O5/c1-14-4-15(2)7-16(5-14)13(17(6-14)8-15)12(22)11(21)10(20)9(19)3-18/h9-13,18-22H,3-8H2,1-2H3/t9-,10-,11-,12-,13?,14?,15?/m1/s1. The Morgan fingerprint density at radius 1 is 0.909 bits per heavy atom. The van der Waals surface area contributed by atoms with Crippen molar-refractivity contribution >= 4 is 0 Å². The molecule has 0 unspecified atom stereocenters. The molecular weight excluding hydrogens is 288 g/mol. The lowest BCUT2D eigenvalue weighted by Gasteiger charge is -2.67. The summed E-state index contributed by atoms with van der Waals surface area (Å²) < 4.78 is 0. The summed E-state index contributed by atoms with van der Waals surface area (Å²) in [6, 6.07) is 0. The van der Waals surface area contributed by atoms with E-state index in [0.29, 0.717) is 0 Å². The molecule has 4 aliphatic rings. The van der Waals surface area contributed by atoms with Crippen molar-refractivity contribution in [1.29, 1.82) is 0 Å². The molecule has 0 saturated carbocycles. The average molecular weight is 316 g/mol. The number of piperidine rings is 2. The molecule has 0 radical (unpaired) electrons. The van der Waals surface area contributed by atoms with Crippen LogP contribution in [0.4, 0.5) is 0 Å². The summed E-state index contributed by atoms with van der Waals surface area (Å²) >= 11 is 0. The van der Waals surface area contributed by atoms with E-state index in [1.54, 1.807) is 0 Å². The molecule has 0 aromatic rings. The van der Waals surface area contributed by atoms with Gasteiger partial charge < -0.3 is 25.5 Å². The molecule has 0 aromatic carbocycles. The fourth-order valence-corrected chi connectivity index (χ4v) is 5.18. The Labute approximate surface area is 130 Å². The van der Waals surface area contributed by atoms with Gasteiger partial charge in [0.05, 0.1) is 12.8 Å². The van der Waals surface area contributed by atoms with Crippen molar-refractivity contribution in [2.45, 2.75) is 50.8 Å². The normalized spacial score (nSPS) is 49.0. The number of rotatable bonds is 5. The first-order valence-corrected chi connectivity index (χ1v) is 7.99. The van der Waals surface area contributed by atoms with Crippen LogP contribution in [0.3, 0.4) is 0 Å². The molecule has 4 saturated heterocycles. The van der Waals surface area contributed by atoms with Crippen molar-refractivity contribution in [1.82, 2.24) is 9.80 Å². The lowest BCUT2D eigenvalue weighted by Crippen LogP contribution is -2.77. The molecular formula is C15H28N2O5. The number of aliphatic hydroxyl groups is 5. The Hall–Kier alpha value is -0.280. The van der Waals surface area contributed by atoms with Crippen molar-refractivity contribution in [3.05, 3.63) is 0 Å². The minimum atomic E-state index is -1.56. The van der Waals surface area contributed by atoms with Crippen LogP contribution >= 0.6 is 0 Å². The van der Waals surface area contributed by atoms with Gasteiger partial charge in [0.15, 0.2) is 0 Å². The second kappa shape index (κ2) is 5.37. The van der Waals surface area contributed by atoms with Crippen LogP contribution in [0.25, 0.3) is 0 Å². The van der Waals surface area contributed by atoms with Crippen molar-refractivity contribution < 1.29 is 25.5 Å². The lowest BCUT2D eigenvalue weighted by atomic mass is 9.63. The minimum Gasteiger partial charge on any atom is -0.394 e. The zero-order valence-corrected chi connectivity index (χ0v) is 13.3. The Balaban J connectivity index is 1.76. The third kappa shape index (κ3) is 2.58. The van der Waals surface area contributed by atoms with Gasteiger partial charge in [0.25, 0.3) is 0 Å². The van der Waals surface area contributed by atoms with Gasteiger partial charge in [-0.2, -0.15) is 0 Å². The summed E-state index contributed by atoms with van der Waals surface area (Å²) in [5.41, 5.74) is 0.408. The van der Waals surface area contributed by atoms with E-state index in [0.717, 1.165) is 26.2 Å². The van der Waals surface area contributed by atoms with E-state index in [-0.39, 0.29) is 17.0 Å². The van der Waals surface area contributed by atoms with Crippen LogP contribution in [0.15, 0.2) is 0 Å². The van der Waals surface area contributed by atoms with Crippen LogP contribution in [-0.4, -0.2) is 98.7 Å². The van der Waals surface area contributed by atoms with Gasteiger partial charge in [0.2, 0.25) is 0 Å². The van der Waals surface area contributed by atoms with Crippen LogP contribution in [0.5, 0.6) is 0 Å². The number of aliphatic hydroxyl groups excluding tert-OH is 5. The van der Waals surface area contributed by atoms with Crippen molar-refractivity contribution in [2.24, 2.45) is 10.8 Å². The van der Waals surface area contributed by atoms with Crippen LogP contribution in [0.1, 0.15) is 20.3 Å². The second-order valence-electron chi connectivity index (χ2n) is 8.24. The molecule has 22 heavy (non-hydrogen) atoms. The minimum absolute atomic E-state index is 0.204. The molecule has 4 heterocycles. The van der Waals surface area contributed by atoms with Crippen LogP contribution < -0.4 is 0 Å². The lowest BCUT2D eigenvalue weighted by molar-refractivity contribution is -0.237. The molecule has 7 heteroatoms. The van der Waals surface area contributed by atoms with Crippen molar-refractivity contribution in [3.8, 4) is 0 Å². The summed E-state index contributed by atoms with van der Waals surface area (Å²) in [6.07, 6.45) is -4.89. The van der Waals surface area contributed by atoms with Gasteiger partial charge in [-0.25, -0.2) is 0 Å². The van der Waals surface area contributed by atoms with E-state index in [1.807, 2.05) is 0 Å². The van der Waals surface area contributed by atoms with Crippen LogP contribution in [-0.2, 0) is 0 Å². The third-order valence-electron chi connectivity index (χ3n) is 5.53. The zero-order valence-electron chi connectivity index (χ0n) is 13.3. The molecule has 0 amide bonds. The fraction of sp³-hybridized carbons (Fsp3) is 1.00. The van der Waals surface area contributed by atoms with Crippen LogP contribution in [0.2, 0.25) is 0 Å². The molecule has 4 bridgehead atoms. The summed E-state index contributed by atoms with van der Waals surface area (Å²) in [5.74, 6) is 0. The van der Waals surface area contributed by atoms with E-state index in [4.69, 9.17) is 5.11 Å². The predicted octanol–water partition coefficient (Wildman–Crippen LogP) is -2.20. The maximum atomic E-state index is 10.5. The highest BCUT2D eigenvalue weighted by atomic mass is 16.4. The monoisotopic (exact) mass is 316 g/mol. The largest absolute Gasteiger partial charge is 0.394 e. The highest BCUT2D eigenvalue weighted by Gasteiger charge is 2.58. The maximum Gasteiger partial charge on any atom is 0.111 e.